The van der Waals surface area contributed by atoms with Crippen molar-refractivity contribution in [3.8, 4) is 0 Å². The summed E-state index contributed by atoms with van der Waals surface area (Å²) in [5, 5.41) is 13.2. The third-order valence-electron chi connectivity index (χ3n) is 2.92. The maximum Gasteiger partial charge on any atom is 0.328 e. The summed E-state index contributed by atoms with van der Waals surface area (Å²) < 4.78 is 0. The van der Waals surface area contributed by atoms with Gasteiger partial charge in [-0.15, -0.1) is 11.3 Å². The van der Waals surface area contributed by atoms with Crippen LogP contribution in [0.2, 0.25) is 0 Å². The fourth-order valence-corrected chi connectivity index (χ4v) is 1.99. The lowest BCUT2D eigenvalue weighted by molar-refractivity contribution is -0.131. The molecule has 1 unspecified atom stereocenters. The number of thiophene rings is 1. The predicted octanol–water partition coefficient (Wildman–Crippen LogP) is 3.01. The number of hydrogen-bond donors (Lipinski definition) is 2. The lowest BCUT2D eigenvalue weighted by Crippen LogP contribution is -2.41. The zero-order valence-electron chi connectivity index (χ0n) is 11.6. The smallest absolute Gasteiger partial charge is 0.328 e. The first-order valence-corrected chi connectivity index (χ1v) is 6.88. The summed E-state index contributed by atoms with van der Waals surface area (Å²) in [5.74, 6) is -1.13. The number of carbonyl (C=O) groups is 2. The highest BCUT2D eigenvalue weighted by Gasteiger charge is 2.22. The second kappa shape index (κ2) is 6.02. The van der Waals surface area contributed by atoms with Gasteiger partial charge in [-0.1, -0.05) is 20.8 Å². The fourth-order valence-electron chi connectivity index (χ4n) is 1.21. The first-order chi connectivity index (χ1) is 8.70. The predicted molar refractivity (Wildman–Crippen MR) is 77.4 cm³/mol. The van der Waals surface area contributed by atoms with Gasteiger partial charge in [0.2, 0.25) is 0 Å². The van der Waals surface area contributed by atoms with Crippen molar-refractivity contribution in [2.45, 2.75) is 33.7 Å². The Hall–Kier alpha value is -1.62. The summed E-state index contributed by atoms with van der Waals surface area (Å²) in [6.45, 7) is 8.15. The van der Waals surface area contributed by atoms with E-state index in [-0.39, 0.29) is 17.4 Å². The van der Waals surface area contributed by atoms with Gasteiger partial charge in [-0.3, -0.25) is 4.79 Å². The molecule has 0 aliphatic carbocycles. The van der Waals surface area contributed by atoms with Crippen molar-refractivity contribution < 1.29 is 14.7 Å². The van der Waals surface area contributed by atoms with Crippen LogP contribution >= 0.6 is 11.3 Å². The molecule has 1 rings (SSSR count). The van der Waals surface area contributed by atoms with Crippen molar-refractivity contribution >= 4 is 29.3 Å². The Bertz CT molecular complexity index is 497. The summed E-state index contributed by atoms with van der Waals surface area (Å²) in [5.41, 5.74) is 0.559. The minimum atomic E-state index is -0.999. The Kier molecular flexibility index (Phi) is 4.89. The van der Waals surface area contributed by atoms with E-state index in [1.165, 1.54) is 17.4 Å². The van der Waals surface area contributed by atoms with Gasteiger partial charge in [0.1, 0.15) is 0 Å². The molecule has 0 saturated carbocycles. The second-order valence-electron chi connectivity index (χ2n) is 5.47. The van der Waals surface area contributed by atoms with Gasteiger partial charge < -0.3 is 10.4 Å². The molecular weight excluding hydrogens is 262 g/mol. The molecule has 0 radical (unpaired) electrons. The van der Waals surface area contributed by atoms with Crippen molar-refractivity contribution in [2.24, 2.45) is 5.41 Å². The second-order valence-corrected chi connectivity index (χ2v) is 6.41. The monoisotopic (exact) mass is 281 g/mol. The molecule has 4 nitrogen and oxygen atoms in total. The maximum absolute atomic E-state index is 12.0. The van der Waals surface area contributed by atoms with Crippen LogP contribution in [-0.2, 0) is 4.79 Å². The minimum Gasteiger partial charge on any atom is -0.478 e. The minimum absolute atomic E-state index is 0.00226. The molecule has 2 N–H and O–H groups in total. The van der Waals surface area contributed by atoms with E-state index >= 15 is 0 Å². The Morgan fingerprint density at radius 2 is 2.05 bits per heavy atom. The average molecular weight is 281 g/mol. The average Bonchev–Trinajstić information content (AvgIpc) is 2.73. The zero-order valence-corrected chi connectivity index (χ0v) is 12.4. The van der Waals surface area contributed by atoms with Gasteiger partial charge in [-0.05, 0) is 24.5 Å². The fraction of sp³-hybridized carbons (Fsp3) is 0.429. The van der Waals surface area contributed by atoms with Gasteiger partial charge in [0.05, 0.1) is 5.56 Å². The Labute approximate surface area is 117 Å². The van der Waals surface area contributed by atoms with Crippen molar-refractivity contribution in [2.75, 3.05) is 0 Å². The molecule has 1 aromatic rings. The molecule has 1 heterocycles. The van der Waals surface area contributed by atoms with Crippen LogP contribution in [0, 0.1) is 5.41 Å². The molecule has 0 saturated heterocycles. The van der Waals surface area contributed by atoms with E-state index in [4.69, 9.17) is 5.11 Å². The molecule has 0 aliphatic rings. The Morgan fingerprint density at radius 3 is 2.58 bits per heavy atom. The third kappa shape index (κ3) is 4.87. The number of carboxylic acids is 1. The van der Waals surface area contributed by atoms with Crippen molar-refractivity contribution in [3.05, 3.63) is 28.0 Å². The molecular formula is C14H19NO3S. The first-order valence-electron chi connectivity index (χ1n) is 6.00. The summed E-state index contributed by atoms with van der Waals surface area (Å²) in [7, 11) is 0. The quantitative estimate of drug-likeness (QED) is 0.834. The van der Waals surface area contributed by atoms with E-state index in [9.17, 15) is 9.59 Å². The van der Waals surface area contributed by atoms with Gasteiger partial charge in [-0.25, -0.2) is 4.79 Å². The van der Waals surface area contributed by atoms with Crippen LogP contribution in [0.5, 0.6) is 0 Å². The van der Waals surface area contributed by atoms with Crippen molar-refractivity contribution in [1.29, 1.82) is 0 Å². The van der Waals surface area contributed by atoms with Crippen LogP contribution < -0.4 is 5.32 Å². The highest BCUT2D eigenvalue weighted by atomic mass is 32.1. The number of aliphatic carboxylic acids is 1. The van der Waals surface area contributed by atoms with Gasteiger partial charge in [-0.2, -0.15) is 0 Å². The number of amides is 1. The molecule has 0 aliphatic heterocycles. The highest BCUT2D eigenvalue weighted by molar-refractivity contribution is 7.11. The Morgan fingerprint density at radius 1 is 1.42 bits per heavy atom. The molecule has 0 aromatic carbocycles. The van der Waals surface area contributed by atoms with E-state index in [1.54, 1.807) is 11.4 Å². The molecule has 1 aromatic heterocycles. The van der Waals surface area contributed by atoms with Crippen LogP contribution in [0.3, 0.4) is 0 Å². The lowest BCUT2D eigenvalue weighted by atomic mass is 9.88. The zero-order chi connectivity index (χ0) is 14.6. The van der Waals surface area contributed by atoms with Gasteiger partial charge in [0.15, 0.2) is 0 Å². The van der Waals surface area contributed by atoms with Crippen molar-refractivity contribution in [1.82, 2.24) is 5.32 Å². The first kappa shape index (κ1) is 15.4. The van der Waals surface area contributed by atoms with Crippen LogP contribution in [-0.4, -0.2) is 23.0 Å². The molecule has 1 atom stereocenters. The van der Waals surface area contributed by atoms with Crippen LogP contribution in [0.25, 0.3) is 6.08 Å². The molecule has 0 spiro atoms. The van der Waals surface area contributed by atoms with Crippen molar-refractivity contribution in [3.63, 3.8) is 0 Å². The van der Waals surface area contributed by atoms with E-state index in [0.29, 0.717) is 5.56 Å². The number of carbonyl (C=O) groups excluding carboxylic acids is 1. The largest absolute Gasteiger partial charge is 0.478 e. The van der Waals surface area contributed by atoms with Crippen LogP contribution in [0.1, 0.15) is 42.9 Å². The number of nitrogens with one attached hydrogen (secondary N) is 1. The summed E-state index contributed by atoms with van der Waals surface area (Å²) >= 11 is 1.34. The summed E-state index contributed by atoms with van der Waals surface area (Å²) in [4.78, 5) is 23.2. The van der Waals surface area contributed by atoms with Crippen LogP contribution in [0.15, 0.2) is 17.5 Å². The Balaban J connectivity index is 2.71. The molecule has 0 fully saturated rings. The number of carboxylic acid groups (broad SMARTS) is 1. The molecule has 104 valence electrons. The standard InChI is InChI=1S/C14H19NO3S/c1-9(14(2,3)4)15-13(18)10-7-11(19-8-10)5-6-12(16)17/h5-9H,1-4H3,(H,15,18)(H,16,17)/b6-5+. The molecule has 1 amide bonds. The topological polar surface area (TPSA) is 66.4 Å². The SMILES string of the molecule is CC(NC(=O)c1csc(/C=C/C(=O)O)c1)C(C)(C)C. The summed E-state index contributed by atoms with van der Waals surface area (Å²) in [6, 6.07) is 1.74. The number of rotatable bonds is 4. The van der Waals surface area contributed by atoms with Gasteiger partial charge in [0.25, 0.3) is 5.91 Å². The lowest BCUT2D eigenvalue weighted by Gasteiger charge is -2.27. The van der Waals surface area contributed by atoms with Gasteiger partial charge >= 0.3 is 5.97 Å². The van der Waals surface area contributed by atoms with E-state index < -0.39 is 5.97 Å². The molecule has 19 heavy (non-hydrogen) atoms. The van der Waals surface area contributed by atoms with Crippen LogP contribution in [0.4, 0.5) is 0 Å². The maximum atomic E-state index is 12.0. The van der Waals surface area contributed by atoms with E-state index in [1.807, 2.05) is 6.92 Å². The van der Waals surface area contributed by atoms with E-state index in [0.717, 1.165) is 11.0 Å². The molecule has 0 bridgehead atoms. The number of hydrogen-bond acceptors (Lipinski definition) is 3. The van der Waals surface area contributed by atoms with E-state index in [2.05, 4.69) is 26.1 Å². The molecule has 5 heteroatoms. The highest BCUT2D eigenvalue weighted by Crippen LogP contribution is 2.20. The van der Waals surface area contributed by atoms with Gasteiger partial charge in [0, 0.05) is 22.4 Å². The third-order valence-corrected chi connectivity index (χ3v) is 3.82. The summed E-state index contributed by atoms with van der Waals surface area (Å²) in [6.07, 6.45) is 2.54. The normalized spacial score (nSPS) is 13.5.